The van der Waals surface area contributed by atoms with Crippen LogP contribution in [0.1, 0.15) is 25.8 Å². The first kappa shape index (κ1) is 15.7. The lowest BCUT2D eigenvalue weighted by atomic mass is 9.88. The third kappa shape index (κ3) is 3.59. The van der Waals surface area contributed by atoms with Crippen molar-refractivity contribution >= 4 is 11.5 Å². The maximum Gasteiger partial charge on any atom is 0.313 e. The van der Waals surface area contributed by atoms with E-state index in [0.717, 1.165) is 0 Å². The molecule has 0 fully saturated rings. The van der Waals surface area contributed by atoms with Crippen LogP contribution < -0.4 is 10.5 Å². The predicted molar refractivity (Wildman–Crippen MR) is 75.1 cm³/mol. The van der Waals surface area contributed by atoms with Gasteiger partial charge in [0.1, 0.15) is 5.84 Å². The fourth-order valence-electron chi connectivity index (χ4n) is 1.66. The van der Waals surface area contributed by atoms with Gasteiger partial charge in [-0.1, -0.05) is 31.1 Å². The standard InChI is InChI=1S/C13H19N3O4/c1-9-5-4-6-10(11(9)16(18)19)20-8-7-13(2,3)12(14)15-17/h4-6,17H,7-8H2,1-3H3,(H2,14,15). The molecule has 0 spiro atoms. The summed E-state index contributed by atoms with van der Waals surface area (Å²) in [6.07, 6.45) is 0.466. The second kappa shape index (κ2) is 6.23. The highest BCUT2D eigenvalue weighted by molar-refractivity contribution is 5.85. The summed E-state index contributed by atoms with van der Waals surface area (Å²) in [5.74, 6) is 0.324. The molecule has 0 saturated heterocycles. The van der Waals surface area contributed by atoms with Crippen LogP contribution in [0.3, 0.4) is 0 Å². The smallest absolute Gasteiger partial charge is 0.313 e. The third-order valence-corrected chi connectivity index (χ3v) is 3.17. The van der Waals surface area contributed by atoms with Gasteiger partial charge in [-0.3, -0.25) is 10.1 Å². The maximum atomic E-state index is 11.0. The number of nitro groups is 1. The van der Waals surface area contributed by atoms with Gasteiger partial charge in [0.25, 0.3) is 0 Å². The molecule has 20 heavy (non-hydrogen) atoms. The van der Waals surface area contributed by atoms with Gasteiger partial charge < -0.3 is 15.7 Å². The van der Waals surface area contributed by atoms with Gasteiger partial charge in [0.2, 0.25) is 0 Å². The second-order valence-electron chi connectivity index (χ2n) is 5.15. The number of ether oxygens (including phenoxy) is 1. The van der Waals surface area contributed by atoms with Crippen molar-refractivity contribution in [3.05, 3.63) is 33.9 Å². The van der Waals surface area contributed by atoms with E-state index in [-0.39, 0.29) is 23.9 Å². The second-order valence-corrected chi connectivity index (χ2v) is 5.15. The average molecular weight is 281 g/mol. The Labute approximate surface area is 117 Å². The number of para-hydroxylation sites is 1. The van der Waals surface area contributed by atoms with E-state index in [9.17, 15) is 10.1 Å². The van der Waals surface area contributed by atoms with E-state index in [1.54, 1.807) is 39.0 Å². The zero-order chi connectivity index (χ0) is 15.3. The zero-order valence-electron chi connectivity index (χ0n) is 11.8. The van der Waals surface area contributed by atoms with Crippen LogP contribution in [0.5, 0.6) is 5.75 Å². The molecule has 0 atom stereocenters. The van der Waals surface area contributed by atoms with E-state index >= 15 is 0 Å². The molecular weight excluding hydrogens is 262 g/mol. The van der Waals surface area contributed by atoms with Crippen molar-refractivity contribution in [3.8, 4) is 5.75 Å². The first-order chi connectivity index (χ1) is 9.29. The quantitative estimate of drug-likeness (QED) is 0.273. The van der Waals surface area contributed by atoms with Crippen LogP contribution in [0.25, 0.3) is 0 Å². The topological polar surface area (TPSA) is 111 Å². The lowest BCUT2D eigenvalue weighted by Gasteiger charge is -2.22. The van der Waals surface area contributed by atoms with Gasteiger partial charge in [-0.25, -0.2) is 0 Å². The molecular formula is C13H19N3O4. The summed E-state index contributed by atoms with van der Waals surface area (Å²) in [5, 5.41) is 22.7. The van der Waals surface area contributed by atoms with E-state index in [1.807, 2.05) is 0 Å². The van der Waals surface area contributed by atoms with Crippen LogP contribution in [0.4, 0.5) is 5.69 Å². The Hall–Kier alpha value is -2.31. The molecule has 0 heterocycles. The van der Waals surface area contributed by atoms with Gasteiger partial charge in [0, 0.05) is 11.0 Å². The molecule has 0 aliphatic heterocycles. The number of aryl methyl sites for hydroxylation is 1. The summed E-state index contributed by atoms with van der Waals surface area (Å²) in [6, 6.07) is 4.92. The number of benzene rings is 1. The van der Waals surface area contributed by atoms with Crippen molar-refractivity contribution < 1.29 is 14.9 Å². The van der Waals surface area contributed by atoms with Crippen molar-refractivity contribution in [3.63, 3.8) is 0 Å². The molecule has 3 N–H and O–H groups in total. The Morgan fingerprint density at radius 1 is 1.55 bits per heavy atom. The minimum atomic E-state index is -0.548. The lowest BCUT2D eigenvalue weighted by molar-refractivity contribution is -0.386. The number of rotatable bonds is 6. The van der Waals surface area contributed by atoms with E-state index in [2.05, 4.69) is 5.16 Å². The van der Waals surface area contributed by atoms with Crippen LogP contribution in [0, 0.1) is 22.5 Å². The van der Waals surface area contributed by atoms with Crippen molar-refractivity contribution in [2.24, 2.45) is 16.3 Å². The summed E-state index contributed by atoms with van der Waals surface area (Å²) in [7, 11) is 0. The highest BCUT2D eigenvalue weighted by Crippen LogP contribution is 2.31. The number of hydrogen-bond donors (Lipinski definition) is 2. The largest absolute Gasteiger partial charge is 0.487 e. The van der Waals surface area contributed by atoms with Gasteiger partial charge >= 0.3 is 5.69 Å². The number of hydrogen-bond acceptors (Lipinski definition) is 5. The average Bonchev–Trinajstić information content (AvgIpc) is 2.37. The molecule has 7 nitrogen and oxygen atoms in total. The van der Waals surface area contributed by atoms with Crippen LogP contribution in [0.15, 0.2) is 23.4 Å². The summed E-state index contributed by atoms with van der Waals surface area (Å²) in [4.78, 5) is 10.6. The van der Waals surface area contributed by atoms with Gasteiger partial charge in [-0.05, 0) is 19.4 Å². The van der Waals surface area contributed by atoms with Gasteiger partial charge in [0.15, 0.2) is 5.75 Å². The molecule has 110 valence electrons. The molecule has 0 saturated carbocycles. The molecule has 0 radical (unpaired) electrons. The van der Waals surface area contributed by atoms with Crippen LogP contribution in [0.2, 0.25) is 0 Å². The number of nitrogens with two attached hydrogens (primary N) is 1. The summed E-state index contributed by atoms with van der Waals surface area (Å²) in [6.45, 7) is 5.49. The molecule has 1 rings (SSSR count). The Bertz CT molecular complexity index is 526. The maximum absolute atomic E-state index is 11.0. The molecule has 7 heteroatoms. The molecule has 0 bridgehead atoms. The molecule has 0 aromatic heterocycles. The van der Waals surface area contributed by atoms with E-state index in [1.165, 1.54) is 0 Å². The van der Waals surface area contributed by atoms with Gasteiger partial charge in [-0.15, -0.1) is 0 Å². The molecule has 0 amide bonds. The van der Waals surface area contributed by atoms with Gasteiger partial charge in [-0.2, -0.15) is 0 Å². The van der Waals surface area contributed by atoms with E-state index in [0.29, 0.717) is 12.0 Å². The van der Waals surface area contributed by atoms with Crippen LogP contribution in [-0.4, -0.2) is 22.6 Å². The summed E-state index contributed by atoms with van der Waals surface area (Å²) >= 11 is 0. The lowest BCUT2D eigenvalue weighted by Crippen LogP contribution is -2.33. The fraction of sp³-hybridized carbons (Fsp3) is 0.462. The predicted octanol–water partition coefficient (Wildman–Crippen LogP) is 2.44. The zero-order valence-corrected chi connectivity index (χ0v) is 11.8. The Balaban J connectivity index is 2.77. The van der Waals surface area contributed by atoms with Crippen molar-refractivity contribution in [2.45, 2.75) is 27.2 Å². The number of oxime groups is 1. The van der Waals surface area contributed by atoms with Crippen molar-refractivity contribution in [1.29, 1.82) is 0 Å². The Morgan fingerprint density at radius 2 is 2.20 bits per heavy atom. The minimum absolute atomic E-state index is 0.0332. The molecule has 1 aromatic carbocycles. The van der Waals surface area contributed by atoms with Crippen molar-refractivity contribution in [2.75, 3.05) is 6.61 Å². The highest BCUT2D eigenvalue weighted by Gasteiger charge is 2.24. The van der Waals surface area contributed by atoms with Crippen molar-refractivity contribution in [1.82, 2.24) is 0 Å². The highest BCUT2D eigenvalue weighted by atomic mass is 16.6. The molecule has 0 unspecified atom stereocenters. The third-order valence-electron chi connectivity index (χ3n) is 3.17. The molecule has 1 aromatic rings. The summed E-state index contributed by atoms with van der Waals surface area (Å²) < 4.78 is 5.48. The Morgan fingerprint density at radius 3 is 2.75 bits per heavy atom. The molecule has 0 aliphatic carbocycles. The fourth-order valence-corrected chi connectivity index (χ4v) is 1.66. The summed E-state index contributed by atoms with van der Waals surface area (Å²) in [5.41, 5.74) is 5.53. The normalized spacial score (nSPS) is 12.2. The first-order valence-corrected chi connectivity index (χ1v) is 6.14. The van der Waals surface area contributed by atoms with E-state index in [4.69, 9.17) is 15.7 Å². The first-order valence-electron chi connectivity index (χ1n) is 6.14. The minimum Gasteiger partial charge on any atom is -0.487 e. The Kier molecular flexibility index (Phi) is 4.90. The van der Waals surface area contributed by atoms with Gasteiger partial charge in [0.05, 0.1) is 11.5 Å². The number of amidine groups is 1. The van der Waals surface area contributed by atoms with Crippen LogP contribution >= 0.6 is 0 Å². The van der Waals surface area contributed by atoms with E-state index < -0.39 is 10.3 Å². The monoisotopic (exact) mass is 281 g/mol. The van der Waals surface area contributed by atoms with Crippen LogP contribution in [-0.2, 0) is 0 Å². The SMILES string of the molecule is Cc1cccc(OCCC(C)(C)C(N)=NO)c1[N+](=O)[O-]. The number of nitrogens with zero attached hydrogens (tertiary/aromatic N) is 2. The number of nitro benzene ring substituents is 1. The molecule has 0 aliphatic rings.